The zero-order valence-electron chi connectivity index (χ0n) is 20.5. The molecule has 2 aliphatic rings. The molecule has 0 radical (unpaired) electrons. The number of anilines is 1. The normalized spacial score (nSPS) is 14.9. The number of fused-ring (bicyclic) bond motifs is 2. The van der Waals surface area contributed by atoms with Gasteiger partial charge >= 0.3 is 0 Å². The molecule has 0 spiro atoms. The van der Waals surface area contributed by atoms with Crippen molar-refractivity contribution < 1.29 is 28.2 Å². The highest BCUT2D eigenvalue weighted by atomic mass is 19.1. The van der Waals surface area contributed by atoms with Crippen molar-refractivity contribution in [1.82, 2.24) is 14.7 Å². The van der Waals surface area contributed by atoms with Gasteiger partial charge in [-0.2, -0.15) is 5.10 Å². The van der Waals surface area contributed by atoms with Crippen LogP contribution in [0.1, 0.15) is 26.4 Å². The molecule has 2 aliphatic heterocycles. The number of benzene rings is 3. The highest BCUT2D eigenvalue weighted by molar-refractivity contribution is 6.11. The molecule has 2 amide bonds. The molecule has 38 heavy (non-hydrogen) atoms. The van der Waals surface area contributed by atoms with Crippen LogP contribution in [0.3, 0.4) is 0 Å². The number of nitrogens with one attached hydrogen (secondary N) is 1. The molecule has 9 nitrogen and oxygen atoms in total. The Morgan fingerprint density at radius 2 is 1.66 bits per heavy atom. The number of carbonyl (C=O) groups excluding carboxylic acids is 2. The zero-order chi connectivity index (χ0) is 26.1. The summed E-state index contributed by atoms with van der Waals surface area (Å²) in [6, 6.07) is 16.6. The highest BCUT2D eigenvalue weighted by Gasteiger charge is 2.21. The number of amides is 2. The molecule has 3 heterocycles. The van der Waals surface area contributed by atoms with Crippen molar-refractivity contribution >= 4 is 28.4 Å². The number of morpholine rings is 1. The molecule has 1 fully saturated rings. The molecule has 6 rings (SSSR count). The first-order valence-corrected chi connectivity index (χ1v) is 12.4. The molecule has 1 aromatic heterocycles. The van der Waals surface area contributed by atoms with Crippen molar-refractivity contribution in [3.05, 3.63) is 83.3 Å². The van der Waals surface area contributed by atoms with Gasteiger partial charge < -0.3 is 24.4 Å². The Morgan fingerprint density at radius 3 is 2.45 bits per heavy atom. The molecule has 194 valence electrons. The Morgan fingerprint density at radius 1 is 0.895 bits per heavy atom. The Kier molecular flexibility index (Phi) is 6.38. The Hall–Kier alpha value is -4.44. The molecule has 0 saturated carbocycles. The lowest BCUT2D eigenvalue weighted by molar-refractivity contribution is 0.0303. The molecule has 1 saturated heterocycles. The number of aromatic nitrogens is 2. The zero-order valence-corrected chi connectivity index (χ0v) is 20.5. The number of rotatable bonds is 5. The molecule has 0 atom stereocenters. The predicted molar refractivity (Wildman–Crippen MR) is 137 cm³/mol. The minimum Gasteiger partial charge on any atom is -0.486 e. The third kappa shape index (κ3) is 4.78. The van der Waals surface area contributed by atoms with Crippen molar-refractivity contribution in [1.29, 1.82) is 0 Å². The van der Waals surface area contributed by atoms with Gasteiger partial charge in [0.05, 0.1) is 25.3 Å². The van der Waals surface area contributed by atoms with E-state index in [0.717, 1.165) is 5.56 Å². The van der Waals surface area contributed by atoms with Crippen LogP contribution in [0.4, 0.5) is 10.1 Å². The maximum absolute atomic E-state index is 14.2. The van der Waals surface area contributed by atoms with E-state index >= 15 is 0 Å². The number of hydrogen-bond donors (Lipinski definition) is 1. The predicted octanol–water partition coefficient (Wildman–Crippen LogP) is 3.72. The standard InChI is InChI=1S/C28H25FN4O5/c29-20-5-7-22-23(15-20)33(17-18-1-3-19(4-2-18)28(35)32-9-11-36-12-10-32)31-26(22)27(34)30-21-6-8-24-25(16-21)38-14-13-37-24/h1-8,15-16H,9-14,17H2,(H,30,34). The molecule has 4 aromatic rings. The van der Waals surface area contributed by atoms with Crippen molar-refractivity contribution in [3.63, 3.8) is 0 Å². The van der Waals surface area contributed by atoms with Crippen LogP contribution in [0.2, 0.25) is 0 Å². The van der Waals surface area contributed by atoms with E-state index in [9.17, 15) is 14.0 Å². The average molecular weight is 517 g/mol. The summed E-state index contributed by atoms with van der Waals surface area (Å²) in [5, 5.41) is 7.91. The van der Waals surface area contributed by atoms with Crippen molar-refractivity contribution in [2.24, 2.45) is 0 Å². The van der Waals surface area contributed by atoms with Gasteiger partial charge in [-0.3, -0.25) is 14.3 Å². The minimum atomic E-state index is -0.427. The molecule has 1 N–H and O–H groups in total. The van der Waals surface area contributed by atoms with Crippen LogP contribution in [0.5, 0.6) is 11.5 Å². The van der Waals surface area contributed by atoms with E-state index in [1.165, 1.54) is 12.1 Å². The van der Waals surface area contributed by atoms with E-state index in [1.807, 2.05) is 12.1 Å². The van der Waals surface area contributed by atoms with Crippen LogP contribution in [-0.2, 0) is 11.3 Å². The Labute approximate surface area is 217 Å². The molecule has 0 bridgehead atoms. The summed E-state index contributed by atoms with van der Waals surface area (Å²) < 4.78 is 32.2. The third-order valence-electron chi connectivity index (χ3n) is 6.56. The fraction of sp³-hybridized carbons (Fsp3) is 0.250. The highest BCUT2D eigenvalue weighted by Crippen LogP contribution is 2.33. The maximum atomic E-state index is 14.2. The monoisotopic (exact) mass is 516 g/mol. The van der Waals surface area contributed by atoms with Crippen LogP contribution in [-0.4, -0.2) is 66.0 Å². The van der Waals surface area contributed by atoms with E-state index in [1.54, 1.807) is 46.0 Å². The maximum Gasteiger partial charge on any atom is 0.276 e. The third-order valence-corrected chi connectivity index (χ3v) is 6.56. The topological polar surface area (TPSA) is 94.9 Å². The number of ether oxygens (including phenoxy) is 3. The number of carbonyl (C=O) groups is 2. The average Bonchev–Trinajstić information content (AvgIpc) is 3.31. The number of halogens is 1. The van der Waals surface area contributed by atoms with E-state index < -0.39 is 11.7 Å². The smallest absolute Gasteiger partial charge is 0.276 e. The fourth-order valence-corrected chi connectivity index (χ4v) is 4.62. The first kappa shape index (κ1) is 23.9. The van der Waals surface area contributed by atoms with Crippen molar-refractivity contribution in [2.75, 3.05) is 44.8 Å². The SMILES string of the molecule is O=C(Nc1ccc2c(c1)OCCO2)c1nn(Cc2ccc(C(=O)N3CCOCC3)cc2)c2cc(F)ccc12. The van der Waals surface area contributed by atoms with Gasteiger partial charge in [-0.1, -0.05) is 12.1 Å². The van der Waals surface area contributed by atoms with Crippen LogP contribution in [0.25, 0.3) is 10.9 Å². The second-order valence-electron chi connectivity index (χ2n) is 9.08. The lowest BCUT2D eigenvalue weighted by Gasteiger charge is -2.26. The molecule has 10 heteroatoms. The van der Waals surface area contributed by atoms with Crippen molar-refractivity contribution in [2.45, 2.75) is 6.54 Å². The summed E-state index contributed by atoms with van der Waals surface area (Å²) in [7, 11) is 0. The second-order valence-corrected chi connectivity index (χ2v) is 9.08. The Bertz CT molecular complexity index is 1510. The van der Waals surface area contributed by atoms with Crippen LogP contribution < -0.4 is 14.8 Å². The molecular weight excluding hydrogens is 491 g/mol. The fourth-order valence-electron chi connectivity index (χ4n) is 4.62. The summed E-state index contributed by atoms with van der Waals surface area (Å²) in [6.45, 7) is 3.43. The Balaban J connectivity index is 1.24. The van der Waals surface area contributed by atoms with Gasteiger partial charge in [-0.05, 0) is 48.0 Å². The lowest BCUT2D eigenvalue weighted by atomic mass is 10.1. The summed E-state index contributed by atoms with van der Waals surface area (Å²) in [4.78, 5) is 27.7. The lowest BCUT2D eigenvalue weighted by Crippen LogP contribution is -2.40. The van der Waals surface area contributed by atoms with Crippen LogP contribution in [0, 0.1) is 5.82 Å². The first-order chi connectivity index (χ1) is 18.5. The summed E-state index contributed by atoms with van der Waals surface area (Å²) in [5.74, 6) is 0.288. The van der Waals surface area contributed by atoms with E-state index in [2.05, 4.69) is 10.4 Å². The molecule has 0 aliphatic carbocycles. The minimum absolute atomic E-state index is 0.0374. The first-order valence-electron chi connectivity index (χ1n) is 12.4. The number of nitrogens with zero attached hydrogens (tertiary/aromatic N) is 3. The second kappa shape index (κ2) is 10.1. The van der Waals surface area contributed by atoms with Crippen LogP contribution >= 0.6 is 0 Å². The van der Waals surface area contributed by atoms with Gasteiger partial charge in [0, 0.05) is 35.8 Å². The summed E-state index contributed by atoms with van der Waals surface area (Å²) in [5.41, 5.74) is 2.65. The summed E-state index contributed by atoms with van der Waals surface area (Å²) in [6.07, 6.45) is 0. The van der Waals surface area contributed by atoms with Gasteiger partial charge in [-0.25, -0.2) is 4.39 Å². The molecular formula is C28H25FN4O5. The van der Waals surface area contributed by atoms with E-state index in [4.69, 9.17) is 14.2 Å². The van der Waals surface area contributed by atoms with E-state index in [0.29, 0.717) is 79.7 Å². The van der Waals surface area contributed by atoms with Gasteiger partial charge in [-0.15, -0.1) is 0 Å². The largest absolute Gasteiger partial charge is 0.486 e. The molecule has 3 aromatic carbocycles. The van der Waals surface area contributed by atoms with Gasteiger partial charge in [0.25, 0.3) is 11.8 Å². The summed E-state index contributed by atoms with van der Waals surface area (Å²) >= 11 is 0. The van der Waals surface area contributed by atoms with Gasteiger partial charge in [0.1, 0.15) is 19.0 Å². The molecule has 0 unspecified atom stereocenters. The van der Waals surface area contributed by atoms with Crippen LogP contribution in [0.15, 0.2) is 60.7 Å². The number of hydrogen-bond acceptors (Lipinski definition) is 6. The van der Waals surface area contributed by atoms with E-state index in [-0.39, 0.29) is 11.6 Å². The van der Waals surface area contributed by atoms with Gasteiger partial charge in [0.15, 0.2) is 17.2 Å². The van der Waals surface area contributed by atoms with Gasteiger partial charge in [0.2, 0.25) is 0 Å². The quantitative estimate of drug-likeness (QED) is 0.435. The van der Waals surface area contributed by atoms with Crippen molar-refractivity contribution in [3.8, 4) is 11.5 Å².